The van der Waals surface area contributed by atoms with Crippen molar-refractivity contribution in [1.29, 1.82) is 0 Å². The third-order valence-corrected chi connectivity index (χ3v) is 6.49. The molecule has 1 atom stereocenters. The molecular formula is C23H38N4O2. The van der Waals surface area contributed by atoms with Crippen LogP contribution in [0, 0.1) is 5.41 Å². The van der Waals surface area contributed by atoms with E-state index in [0.717, 1.165) is 58.4 Å². The Labute approximate surface area is 176 Å². The van der Waals surface area contributed by atoms with Gasteiger partial charge >= 0.3 is 0 Å². The van der Waals surface area contributed by atoms with Crippen molar-refractivity contribution in [3.05, 3.63) is 35.9 Å². The molecule has 162 valence electrons. The van der Waals surface area contributed by atoms with E-state index in [2.05, 4.69) is 50.9 Å². The highest BCUT2D eigenvalue weighted by Gasteiger charge is 2.33. The molecule has 2 aliphatic rings. The molecule has 0 aromatic heterocycles. The zero-order valence-electron chi connectivity index (χ0n) is 18.2. The first kappa shape index (κ1) is 22.1. The first-order valence-electron chi connectivity index (χ1n) is 11.1. The topological polar surface area (TPSA) is 58.1 Å². The van der Waals surface area contributed by atoms with Crippen molar-refractivity contribution < 1.29 is 9.47 Å². The molecule has 2 fully saturated rings. The maximum Gasteiger partial charge on any atom is 0.191 e. The number of hydrogen-bond donors (Lipinski definition) is 2. The van der Waals surface area contributed by atoms with E-state index in [1.54, 1.807) is 7.11 Å². The van der Waals surface area contributed by atoms with Crippen molar-refractivity contribution in [2.75, 3.05) is 60.2 Å². The van der Waals surface area contributed by atoms with Crippen molar-refractivity contribution in [1.82, 2.24) is 15.5 Å². The van der Waals surface area contributed by atoms with Gasteiger partial charge in [-0.05, 0) is 30.2 Å². The standard InChI is InChI=1S/C23H38N4O2/c1-24-22(26-19-23(12-15-28-2)10-6-7-11-23)25-18-21(20-8-4-3-5-9-20)27-13-16-29-17-14-27/h3-5,8-9,21H,6-7,10-19H2,1-2H3,(H2,24,25,26). The number of morpholine rings is 1. The average molecular weight is 403 g/mol. The third kappa shape index (κ3) is 6.43. The maximum atomic E-state index is 5.56. The van der Waals surface area contributed by atoms with E-state index in [4.69, 9.17) is 9.47 Å². The summed E-state index contributed by atoms with van der Waals surface area (Å²) in [5, 5.41) is 7.20. The number of nitrogens with one attached hydrogen (secondary N) is 2. The number of guanidine groups is 1. The van der Waals surface area contributed by atoms with E-state index in [1.165, 1.54) is 31.2 Å². The van der Waals surface area contributed by atoms with E-state index in [1.807, 2.05) is 7.05 Å². The Kier molecular flexibility index (Phi) is 8.77. The van der Waals surface area contributed by atoms with E-state index in [9.17, 15) is 0 Å². The van der Waals surface area contributed by atoms with Crippen LogP contribution < -0.4 is 10.6 Å². The summed E-state index contributed by atoms with van der Waals surface area (Å²) >= 11 is 0. The van der Waals surface area contributed by atoms with Crippen LogP contribution in [0.3, 0.4) is 0 Å². The number of rotatable bonds is 9. The van der Waals surface area contributed by atoms with Gasteiger partial charge < -0.3 is 20.1 Å². The Morgan fingerprint density at radius 1 is 1.17 bits per heavy atom. The quantitative estimate of drug-likeness (QED) is 0.491. The van der Waals surface area contributed by atoms with Crippen LogP contribution in [0.1, 0.15) is 43.7 Å². The van der Waals surface area contributed by atoms with Gasteiger partial charge in [-0.2, -0.15) is 0 Å². The molecule has 29 heavy (non-hydrogen) atoms. The molecule has 1 aromatic rings. The Balaban J connectivity index is 1.58. The first-order valence-corrected chi connectivity index (χ1v) is 11.1. The van der Waals surface area contributed by atoms with Gasteiger partial charge in [0, 0.05) is 46.9 Å². The van der Waals surface area contributed by atoms with Gasteiger partial charge in [0.2, 0.25) is 0 Å². The second kappa shape index (κ2) is 11.5. The minimum absolute atomic E-state index is 0.313. The van der Waals surface area contributed by atoms with Crippen LogP contribution >= 0.6 is 0 Å². The molecule has 1 heterocycles. The molecule has 1 aliphatic carbocycles. The number of nitrogens with zero attached hydrogens (tertiary/aromatic N) is 2. The molecule has 0 radical (unpaired) electrons. The first-order chi connectivity index (χ1) is 14.3. The maximum absolute atomic E-state index is 5.56. The number of hydrogen-bond acceptors (Lipinski definition) is 4. The summed E-state index contributed by atoms with van der Waals surface area (Å²) < 4.78 is 10.9. The van der Waals surface area contributed by atoms with Gasteiger partial charge in [-0.1, -0.05) is 43.2 Å². The predicted molar refractivity (Wildman–Crippen MR) is 118 cm³/mol. The highest BCUT2D eigenvalue weighted by atomic mass is 16.5. The lowest BCUT2D eigenvalue weighted by Crippen LogP contribution is -2.48. The van der Waals surface area contributed by atoms with Crippen molar-refractivity contribution >= 4 is 5.96 Å². The number of aliphatic imine (C=N–C) groups is 1. The zero-order valence-corrected chi connectivity index (χ0v) is 18.2. The lowest BCUT2D eigenvalue weighted by molar-refractivity contribution is 0.0170. The average Bonchev–Trinajstić information content (AvgIpc) is 3.25. The Hall–Kier alpha value is -1.63. The molecule has 0 bridgehead atoms. The second-order valence-corrected chi connectivity index (χ2v) is 8.33. The minimum atomic E-state index is 0.313. The Morgan fingerprint density at radius 2 is 1.90 bits per heavy atom. The van der Waals surface area contributed by atoms with Gasteiger partial charge in [0.15, 0.2) is 5.96 Å². The van der Waals surface area contributed by atoms with Crippen LogP contribution in [0.4, 0.5) is 0 Å². The third-order valence-electron chi connectivity index (χ3n) is 6.49. The number of benzene rings is 1. The number of methoxy groups -OCH3 is 1. The largest absolute Gasteiger partial charge is 0.385 e. The smallest absolute Gasteiger partial charge is 0.191 e. The van der Waals surface area contributed by atoms with Crippen LogP contribution in [0.15, 0.2) is 35.3 Å². The van der Waals surface area contributed by atoms with Crippen LogP contribution in [0.25, 0.3) is 0 Å². The van der Waals surface area contributed by atoms with Crippen molar-refractivity contribution in [2.45, 2.75) is 38.1 Å². The fourth-order valence-corrected chi connectivity index (χ4v) is 4.67. The van der Waals surface area contributed by atoms with E-state index in [0.29, 0.717) is 11.5 Å². The molecule has 0 spiro atoms. The Bertz CT molecular complexity index is 611. The molecule has 1 aromatic carbocycles. The minimum Gasteiger partial charge on any atom is -0.385 e. The molecule has 1 unspecified atom stereocenters. The van der Waals surface area contributed by atoms with Gasteiger partial charge in [-0.15, -0.1) is 0 Å². The SMILES string of the molecule is CN=C(NCC(c1ccccc1)N1CCOCC1)NCC1(CCOC)CCCC1. The van der Waals surface area contributed by atoms with Gasteiger partial charge in [0.25, 0.3) is 0 Å². The van der Waals surface area contributed by atoms with E-state index in [-0.39, 0.29) is 0 Å². The molecule has 1 saturated heterocycles. The van der Waals surface area contributed by atoms with Crippen LogP contribution in [0.2, 0.25) is 0 Å². The van der Waals surface area contributed by atoms with E-state index < -0.39 is 0 Å². The molecule has 0 amide bonds. The van der Waals surface area contributed by atoms with Gasteiger partial charge in [-0.3, -0.25) is 9.89 Å². The van der Waals surface area contributed by atoms with Crippen LogP contribution in [-0.4, -0.2) is 71.0 Å². The molecule has 2 N–H and O–H groups in total. The summed E-state index contributed by atoms with van der Waals surface area (Å²) in [4.78, 5) is 7.00. The summed E-state index contributed by atoms with van der Waals surface area (Å²) in [6, 6.07) is 11.1. The van der Waals surface area contributed by atoms with Gasteiger partial charge in [0.1, 0.15) is 0 Å². The lowest BCUT2D eigenvalue weighted by atomic mass is 9.83. The molecule has 3 rings (SSSR count). The van der Waals surface area contributed by atoms with Crippen LogP contribution in [0.5, 0.6) is 0 Å². The predicted octanol–water partition coefficient (Wildman–Crippen LogP) is 2.82. The number of ether oxygens (including phenoxy) is 2. The molecule has 6 nitrogen and oxygen atoms in total. The van der Waals surface area contributed by atoms with Gasteiger partial charge in [0.05, 0.1) is 19.3 Å². The highest BCUT2D eigenvalue weighted by Crippen LogP contribution is 2.40. The fraction of sp³-hybridized carbons (Fsp3) is 0.696. The monoisotopic (exact) mass is 402 g/mol. The van der Waals surface area contributed by atoms with Crippen LogP contribution in [-0.2, 0) is 9.47 Å². The molecule has 6 heteroatoms. The van der Waals surface area contributed by atoms with Gasteiger partial charge in [-0.25, -0.2) is 0 Å². The molecular weight excluding hydrogens is 364 g/mol. The fourth-order valence-electron chi connectivity index (χ4n) is 4.67. The van der Waals surface area contributed by atoms with Crippen molar-refractivity contribution in [2.24, 2.45) is 10.4 Å². The highest BCUT2D eigenvalue weighted by molar-refractivity contribution is 5.79. The van der Waals surface area contributed by atoms with E-state index >= 15 is 0 Å². The summed E-state index contributed by atoms with van der Waals surface area (Å²) in [6.07, 6.45) is 6.32. The van der Waals surface area contributed by atoms with Crippen molar-refractivity contribution in [3.63, 3.8) is 0 Å². The zero-order chi connectivity index (χ0) is 20.4. The summed E-state index contributed by atoms with van der Waals surface area (Å²) in [7, 11) is 3.66. The normalized spacial score (nSPS) is 21.1. The summed E-state index contributed by atoms with van der Waals surface area (Å²) in [5.41, 5.74) is 1.68. The lowest BCUT2D eigenvalue weighted by Gasteiger charge is -2.35. The Morgan fingerprint density at radius 3 is 2.55 bits per heavy atom. The summed E-state index contributed by atoms with van der Waals surface area (Å²) in [5.74, 6) is 0.892. The summed E-state index contributed by atoms with van der Waals surface area (Å²) in [6.45, 7) is 6.16. The second-order valence-electron chi connectivity index (χ2n) is 8.33. The molecule has 1 aliphatic heterocycles. The molecule has 1 saturated carbocycles. The van der Waals surface area contributed by atoms with Crippen molar-refractivity contribution in [3.8, 4) is 0 Å².